The number of piperazine rings is 1. The standard InChI is InChI=1S/C19H25N5O/c1-22-13-16(12-21-22)17-6-3-2-5-15(17)11-20-19(25)18-14-23-7-4-8-24(18)10-9-23/h2-3,5-6,12-13,18H,4,7-11,14H2,1H3,(H,20,25). The van der Waals surface area contributed by atoms with Crippen LogP contribution in [-0.2, 0) is 18.4 Å². The average molecular weight is 339 g/mol. The van der Waals surface area contributed by atoms with Gasteiger partial charge < -0.3 is 5.32 Å². The minimum atomic E-state index is -0.0122. The number of carbonyl (C=O) groups excluding carboxylic acids is 1. The van der Waals surface area contributed by atoms with E-state index in [0.29, 0.717) is 6.54 Å². The molecule has 0 aliphatic carbocycles. The molecular weight excluding hydrogens is 314 g/mol. The number of aromatic nitrogens is 2. The van der Waals surface area contributed by atoms with E-state index in [9.17, 15) is 4.79 Å². The molecule has 1 aromatic carbocycles. The molecule has 0 saturated carbocycles. The summed E-state index contributed by atoms with van der Waals surface area (Å²) in [5.41, 5.74) is 3.33. The normalized spacial score (nSPS) is 25.6. The van der Waals surface area contributed by atoms with Gasteiger partial charge in [-0.05, 0) is 24.1 Å². The van der Waals surface area contributed by atoms with Gasteiger partial charge in [-0.25, -0.2) is 0 Å². The number of fused-ring (bicyclic) bond motifs is 4. The molecule has 3 aliphatic rings. The first-order chi connectivity index (χ1) is 12.2. The molecule has 132 valence electrons. The van der Waals surface area contributed by atoms with Gasteiger partial charge in [0, 0.05) is 51.5 Å². The van der Waals surface area contributed by atoms with Crippen molar-refractivity contribution < 1.29 is 4.79 Å². The van der Waals surface area contributed by atoms with Gasteiger partial charge in [-0.15, -0.1) is 0 Å². The van der Waals surface area contributed by atoms with E-state index in [1.807, 2.05) is 31.6 Å². The van der Waals surface area contributed by atoms with Crippen molar-refractivity contribution in [3.05, 3.63) is 42.2 Å². The molecule has 1 aromatic heterocycles. The third-order valence-corrected chi connectivity index (χ3v) is 5.28. The van der Waals surface area contributed by atoms with Crippen LogP contribution in [0, 0.1) is 0 Å². The van der Waals surface area contributed by atoms with Crippen molar-refractivity contribution in [3.8, 4) is 11.1 Å². The van der Waals surface area contributed by atoms with E-state index in [1.165, 1.54) is 0 Å². The smallest absolute Gasteiger partial charge is 0.238 e. The van der Waals surface area contributed by atoms with Gasteiger partial charge in [0.15, 0.2) is 0 Å². The summed E-state index contributed by atoms with van der Waals surface area (Å²) >= 11 is 0. The third kappa shape index (κ3) is 3.45. The van der Waals surface area contributed by atoms with Crippen molar-refractivity contribution in [1.29, 1.82) is 0 Å². The molecule has 1 N–H and O–H groups in total. The van der Waals surface area contributed by atoms with E-state index in [2.05, 4.69) is 32.3 Å². The van der Waals surface area contributed by atoms with Gasteiger partial charge in [-0.1, -0.05) is 24.3 Å². The van der Waals surface area contributed by atoms with Gasteiger partial charge in [0.1, 0.15) is 6.04 Å². The van der Waals surface area contributed by atoms with E-state index in [4.69, 9.17) is 0 Å². The molecule has 1 amide bonds. The highest BCUT2D eigenvalue weighted by Crippen LogP contribution is 2.23. The molecule has 3 aliphatic heterocycles. The Balaban J connectivity index is 1.46. The molecule has 2 bridgehead atoms. The molecule has 0 radical (unpaired) electrons. The quantitative estimate of drug-likeness (QED) is 0.906. The van der Waals surface area contributed by atoms with Crippen LogP contribution in [0.15, 0.2) is 36.7 Å². The highest BCUT2D eigenvalue weighted by molar-refractivity contribution is 5.82. The van der Waals surface area contributed by atoms with Gasteiger partial charge >= 0.3 is 0 Å². The van der Waals surface area contributed by atoms with Crippen molar-refractivity contribution in [2.75, 3.05) is 32.7 Å². The number of amides is 1. The lowest BCUT2D eigenvalue weighted by molar-refractivity contribution is -0.128. The monoisotopic (exact) mass is 339 g/mol. The maximum absolute atomic E-state index is 12.8. The number of aryl methyl sites for hydroxylation is 1. The molecule has 3 fully saturated rings. The number of nitrogens with zero attached hydrogens (tertiary/aromatic N) is 4. The van der Waals surface area contributed by atoms with Gasteiger partial charge in [0.25, 0.3) is 0 Å². The van der Waals surface area contributed by atoms with Gasteiger partial charge in [-0.3, -0.25) is 19.3 Å². The zero-order valence-electron chi connectivity index (χ0n) is 14.7. The Kier molecular flexibility index (Phi) is 4.55. The van der Waals surface area contributed by atoms with Crippen molar-refractivity contribution in [2.45, 2.75) is 19.0 Å². The Morgan fingerprint density at radius 2 is 2.12 bits per heavy atom. The van der Waals surface area contributed by atoms with Gasteiger partial charge in [-0.2, -0.15) is 5.10 Å². The lowest BCUT2D eigenvalue weighted by atomic mass is 10.0. The fraction of sp³-hybridized carbons (Fsp3) is 0.474. The topological polar surface area (TPSA) is 53.4 Å². The Bertz CT molecular complexity index is 752. The molecule has 3 atom stereocenters. The summed E-state index contributed by atoms with van der Waals surface area (Å²) in [5, 5.41) is 7.42. The molecule has 2 aromatic rings. The largest absolute Gasteiger partial charge is 0.351 e. The van der Waals surface area contributed by atoms with Crippen LogP contribution in [0.2, 0.25) is 0 Å². The SMILES string of the molecule is Cn1cc(-c2ccccc2CNC(=O)C2CN3CCCN2CC3)cn1. The van der Waals surface area contributed by atoms with Crippen molar-refractivity contribution in [1.82, 2.24) is 24.9 Å². The van der Waals surface area contributed by atoms with E-state index in [1.54, 1.807) is 4.68 Å². The Hall–Kier alpha value is -2.18. The predicted molar refractivity (Wildman–Crippen MR) is 96.9 cm³/mol. The molecule has 4 heterocycles. The van der Waals surface area contributed by atoms with Gasteiger partial charge in [0.2, 0.25) is 5.91 Å². The highest BCUT2D eigenvalue weighted by atomic mass is 16.2. The zero-order valence-corrected chi connectivity index (χ0v) is 14.7. The van der Waals surface area contributed by atoms with Crippen LogP contribution < -0.4 is 5.32 Å². The van der Waals surface area contributed by atoms with Crippen LogP contribution >= 0.6 is 0 Å². The van der Waals surface area contributed by atoms with Crippen LogP contribution in [0.4, 0.5) is 0 Å². The van der Waals surface area contributed by atoms with Crippen LogP contribution in [0.1, 0.15) is 12.0 Å². The van der Waals surface area contributed by atoms with Crippen LogP contribution in [0.25, 0.3) is 11.1 Å². The fourth-order valence-electron chi connectivity index (χ4n) is 3.91. The molecule has 5 rings (SSSR count). The predicted octanol–water partition coefficient (Wildman–Crippen LogP) is 1.09. The number of rotatable bonds is 4. The van der Waals surface area contributed by atoms with Crippen LogP contribution in [0.3, 0.4) is 0 Å². The lowest BCUT2D eigenvalue weighted by Gasteiger charge is -2.36. The summed E-state index contributed by atoms with van der Waals surface area (Å²) in [5.74, 6) is 0.146. The number of hydrogen-bond acceptors (Lipinski definition) is 4. The Labute approximate surface area is 148 Å². The minimum Gasteiger partial charge on any atom is -0.351 e. The summed E-state index contributed by atoms with van der Waals surface area (Å²) in [4.78, 5) is 17.5. The summed E-state index contributed by atoms with van der Waals surface area (Å²) in [6, 6.07) is 8.19. The maximum atomic E-state index is 12.8. The molecule has 6 nitrogen and oxygen atoms in total. The first-order valence-electron chi connectivity index (χ1n) is 9.02. The van der Waals surface area contributed by atoms with E-state index in [-0.39, 0.29) is 11.9 Å². The Morgan fingerprint density at radius 1 is 1.24 bits per heavy atom. The number of benzene rings is 1. The minimum absolute atomic E-state index is 0.0122. The third-order valence-electron chi connectivity index (χ3n) is 5.28. The molecular formula is C19H25N5O. The second-order valence-electron chi connectivity index (χ2n) is 6.98. The van der Waals surface area contributed by atoms with Crippen LogP contribution in [-0.4, -0.2) is 64.3 Å². The van der Waals surface area contributed by atoms with E-state index < -0.39 is 0 Å². The van der Waals surface area contributed by atoms with Crippen molar-refractivity contribution in [3.63, 3.8) is 0 Å². The second-order valence-corrected chi connectivity index (χ2v) is 6.98. The van der Waals surface area contributed by atoms with Crippen molar-refractivity contribution in [2.24, 2.45) is 7.05 Å². The number of nitrogens with one attached hydrogen (secondary N) is 1. The number of hydrogen-bond donors (Lipinski definition) is 1. The molecule has 0 spiro atoms. The zero-order chi connectivity index (χ0) is 17.2. The maximum Gasteiger partial charge on any atom is 0.238 e. The second kappa shape index (κ2) is 6.98. The van der Waals surface area contributed by atoms with E-state index in [0.717, 1.165) is 55.8 Å². The fourth-order valence-corrected chi connectivity index (χ4v) is 3.91. The summed E-state index contributed by atoms with van der Waals surface area (Å²) in [6.45, 7) is 5.65. The molecule has 3 unspecified atom stereocenters. The van der Waals surface area contributed by atoms with E-state index >= 15 is 0 Å². The Morgan fingerprint density at radius 3 is 2.96 bits per heavy atom. The summed E-state index contributed by atoms with van der Waals surface area (Å²) in [7, 11) is 1.92. The number of carbonyl (C=O) groups is 1. The highest BCUT2D eigenvalue weighted by Gasteiger charge is 2.34. The average Bonchev–Trinajstić information content (AvgIpc) is 2.84. The van der Waals surface area contributed by atoms with Crippen molar-refractivity contribution >= 4 is 5.91 Å². The first kappa shape index (κ1) is 16.3. The molecule has 25 heavy (non-hydrogen) atoms. The van der Waals surface area contributed by atoms with Gasteiger partial charge in [0.05, 0.1) is 6.20 Å². The molecule has 3 saturated heterocycles. The first-order valence-corrected chi connectivity index (χ1v) is 9.02. The molecule has 6 heteroatoms. The summed E-state index contributed by atoms with van der Waals surface area (Å²) < 4.78 is 1.80. The lowest BCUT2D eigenvalue weighted by Crippen LogP contribution is -2.56. The summed E-state index contributed by atoms with van der Waals surface area (Å²) in [6.07, 6.45) is 5.03. The van der Waals surface area contributed by atoms with Crippen LogP contribution in [0.5, 0.6) is 0 Å².